The van der Waals surface area contributed by atoms with Gasteiger partial charge in [-0.25, -0.2) is 0 Å². The summed E-state index contributed by atoms with van der Waals surface area (Å²) >= 11 is 0. The number of nitrogens with one attached hydrogen (secondary N) is 1. The second kappa shape index (κ2) is 9.62. The third kappa shape index (κ3) is 5.51. The maximum atomic E-state index is 13.2. The fraction of sp³-hybridized carbons (Fsp3) is 0.174. The predicted molar refractivity (Wildman–Crippen MR) is 116 cm³/mol. The topological polar surface area (TPSA) is 115 Å². The molecule has 1 atom stereocenters. The first-order valence-electron chi connectivity index (χ1n) is 9.68. The molecular weight excluding hydrogens is 398 g/mol. The quantitative estimate of drug-likeness (QED) is 0.430. The second-order valence-electron chi connectivity index (χ2n) is 7.23. The Kier molecular flexibility index (Phi) is 6.71. The number of amides is 1. The lowest BCUT2D eigenvalue weighted by molar-refractivity contribution is -0.385. The van der Waals surface area contributed by atoms with E-state index in [-0.39, 0.29) is 23.3 Å². The van der Waals surface area contributed by atoms with Gasteiger partial charge in [0.2, 0.25) is 5.91 Å². The number of rotatable bonds is 8. The standard InChI is InChI=1S/C23H21N3O5/c1-16(15-17-5-3-2-4-6-17)24-23(27)22(18-7-11-20(12-8-18)25(28)29)19-9-13-21(14-10-19)26(30)31/h2-14,16,22H,15H2,1H3,(H,24,27)/t16-/m1/s1. The van der Waals surface area contributed by atoms with E-state index in [4.69, 9.17) is 0 Å². The lowest BCUT2D eigenvalue weighted by Crippen LogP contribution is -2.38. The van der Waals surface area contributed by atoms with Crippen LogP contribution in [0.5, 0.6) is 0 Å². The average Bonchev–Trinajstić information content (AvgIpc) is 2.75. The lowest BCUT2D eigenvalue weighted by Gasteiger charge is -2.21. The summed E-state index contributed by atoms with van der Waals surface area (Å²) in [7, 11) is 0. The van der Waals surface area contributed by atoms with Gasteiger partial charge in [0.1, 0.15) is 0 Å². The van der Waals surface area contributed by atoms with Crippen LogP contribution in [0.25, 0.3) is 0 Å². The summed E-state index contributed by atoms with van der Waals surface area (Å²) in [6.07, 6.45) is 0.639. The highest BCUT2D eigenvalue weighted by Gasteiger charge is 2.25. The van der Waals surface area contributed by atoms with Crippen molar-refractivity contribution < 1.29 is 14.6 Å². The molecule has 0 saturated heterocycles. The molecule has 8 nitrogen and oxygen atoms in total. The first-order chi connectivity index (χ1) is 14.8. The Morgan fingerprint density at radius 3 is 1.68 bits per heavy atom. The number of hydrogen-bond donors (Lipinski definition) is 1. The number of nitro benzene ring substituents is 2. The summed E-state index contributed by atoms with van der Waals surface area (Å²) < 4.78 is 0. The van der Waals surface area contributed by atoms with Crippen molar-refractivity contribution in [3.8, 4) is 0 Å². The van der Waals surface area contributed by atoms with Crippen LogP contribution >= 0.6 is 0 Å². The van der Waals surface area contributed by atoms with E-state index in [0.717, 1.165) is 5.56 Å². The zero-order valence-electron chi connectivity index (χ0n) is 16.8. The first kappa shape index (κ1) is 21.6. The second-order valence-corrected chi connectivity index (χ2v) is 7.23. The van der Waals surface area contributed by atoms with Crippen molar-refractivity contribution in [2.45, 2.75) is 25.3 Å². The van der Waals surface area contributed by atoms with E-state index in [1.165, 1.54) is 48.5 Å². The van der Waals surface area contributed by atoms with Crippen LogP contribution in [0.4, 0.5) is 11.4 Å². The van der Waals surface area contributed by atoms with E-state index >= 15 is 0 Å². The van der Waals surface area contributed by atoms with E-state index in [0.29, 0.717) is 17.5 Å². The number of non-ortho nitro benzene ring substituents is 2. The van der Waals surface area contributed by atoms with Gasteiger partial charge in [-0.3, -0.25) is 25.0 Å². The molecule has 31 heavy (non-hydrogen) atoms. The molecule has 0 aliphatic heterocycles. The molecule has 8 heteroatoms. The first-order valence-corrected chi connectivity index (χ1v) is 9.68. The molecule has 1 amide bonds. The van der Waals surface area contributed by atoms with Gasteiger partial charge in [-0.05, 0) is 30.0 Å². The third-order valence-electron chi connectivity index (χ3n) is 4.91. The Balaban J connectivity index is 1.87. The lowest BCUT2D eigenvalue weighted by atomic mass is 9.89. The minimum Gasteiger partial charge on any atom is -0.352 e. The summed E-state index contributed by atoms with van der Waals surface area (Å²) in [6.45, 7) is 1.90. The van der Waals surface area contributed by atoms with Crippen molar-refractivity contribution in [2.24, 2.45) is 0 Å². The molecular formula is C23H21N3O5. The smallest absolute Gasteiger partial charge is 0.269 e. The summed E-state index contributed by atoms with van der Waals surface area (Å²) in [6, 6.07) is 21.1. The van der Waals surface area contributed by atoms with E-state index < -0.39 is 15.8 Å². The molecule has 0 heterocycles. The number of carbonyl (C=O) groups excluding carboxylic acids is 1. The highest BCUT2D eigenvalue weighted by atomic mass is 16.6. The Labute approximate surface area is 178 Å². The van der Waals surface area contributed by atoms with Crippen LogP contribution in [-0.4, -0.2) is 21.8 Å². The van der Waals surface area contributed by atoms with Gasteiger partial charge in [-0.15, -0.1) is 0 Å². The van der Waals surface area contributed by atoms with Crippen LogP contribution < -0.4 is 5.32 Å². The number of hydrogen-bond acceptors (Lipinski definition) is 5. The third-order valence-corrected chi connectivity index (χ3v) is 4.91. The van der Waals surface area contributed by atoms with Gasteiger partial charge in [0.15, 0.2) is 0 Å². The molecule has 0 fully saturated rings. The van der Waals surface area contributed by atoms with E-state index in [1.807, 2.05) is 37.3 Å². The molecule has 0 spiro atoms. The molecule has 0 radical (unpaired) electrons. The zero-order valence-corrected chi connectivity index (χ0v) is 16.8. The van der Waals surface area contributed by atoms with Crippen molar-refractivity contribution in [1.29, 1.82) is 0 Å². The van der Waals surface area contributed by atoms with Crippen molar-refractivity contribution in [3.05, 3.63) is 116 Å². The Morgan fingerprint density at radius 1 is 0.806 bits per heavy atom. The minimum absolute atomic E-state index is 0.0796. The van der Waals surface area contributed by atoms with Crippen molar-refractivity contribution >= 4 is 17.3 Å². The largest absolute Gasteiger partial charge is 0.352 e. The fourth-order valence-corrected chi connectivity index (χ4v) is 3.42. The molecule has 0 unspecified atom stereocenters. The average molecular weight is 419 g/mol. The molecule has 0 bridgehead atoms. The van der Waals surface area contributed by atoms with Gasteiger partial charge < -0.3 is 5.32 Å². The van der Waals surface area contributed by atoms with Crippen molar-refractivity contribution in [3.63, 3.8) is 0 Å². The summed E-state index contributed by atoms with van der Waals surface area (Å²) in [5.74, 6) is -1.05. The van der Waals surface area contributed by atoms with Crippen LogP contribution in [0.1, 0.15) is 29.5 Å². The molecule has 3 aromatic carbocycles. The maximum Gasteiger partial charge on any atom is 0.269 e. The number of nitrogens with zero attached hydrogens (tertiary/aromatic N) is 2. The fourth-order valence-electron chi connectivity index (χ4n) is 3.42. The summed E-state index contributed by atoms with van der Waals surface area (Å²) in [4.78, 5) is 34.1. The molecule has 0 aromatic heterocycles. The number of benzene rings is 3. The number of carbonyl (C=O) groups is 1. The number of nitro groups is 2. The Morgan fingerprint density at radius 2 is 1.26 bits per heavy atom. The SMILES string of the molecule is C[C@H](Cc1ccccc1)NC(=O)C(c1ccc([N+](=O)[O-])cc1)c1ccc([N+](=O)[O-])cc1. The Hall–Kier alpha value is -4.07. The molecule has 3 aromatic rings. The zero-order chi connectivity index (χ0) is 22.4. The van der Waals surface area contributed by atoms with E-state index in [1.54, 1.807) is 0 Å². The van der Waals surface area contributed by atoms with Gasteiger partial charge in [-0.1, -0.05) is 54.6 Å². The minimum atomic E-state index is -0.764. The molecule has 1 N–H and O–H groups in total. The van der Waals surface area contributed by atoms with Gasteiger partial charge in [0.05, 0.1) is 15.8 Å². The summed E-state index contributed by atoms with van der Waals surface area (Å²) in [5.41, 5.74) is 2.04. The predicted octanol–water partition coefficient (Wildman–Crippen LogP) is 4.38. The summed E-state index contributed by atoms with van der Waals surface area (Å²) in [5, 5.41) is 24.9. The van der Waals surface area contributed by atoms with Crippen LogP contribution in [-0.2, 0) is 11.2 Å². The molecule has 158 valence electrons. The van der Waals surface area contributed by atoms with E-state index in [2.05, 4.69) is 5.32 Å². The normalized spacial score (nSPS) is 11.7. The molecule has 0 aliphatic rings. The molecule has 0 aliphatic carbocycles. The molecule has 0 saturated carbocycles. The molecule has 3 rings (SSSR count). The van der Waals surface area contributed by atoms with Gasteiger partial charge in [0, 0.05) is 30.3 Å². The maximum absolute atomic E-state index is 13.2. The van der Waals surface area contributed by atoms with Gasteiger partial charge >= 0.3 is 0 Å². The van der Waals surface area contributed by atoms with Crippen molar-refractivity contribution in [2.75, 3.05) is 0 Å². The van der Waals surface area contributed by atoms with Crippen LogP contribution in [0.2, 0.25) is 0 Å². The highest BCUT2D eigenvalue weighted by Crippen LogP contribution is 2.28. The van der Waals surface area contributed by atoms with Crippen molar-refractivity contribution in [1.82, 2.24) is 5.32 Å². The van der Waals surface area contributed by atoms with Crippen LogP contribution in [0, 0.1) is 20.2 Å². The Bertz CT molecular complexity index is 1010. The van der Waals surface area contributed by atoms with Crippen LogP contribution in [0.3, 0.4) is 0 Å². The van der Waals surface area contributed by atoms with Gasteiger partial charge in [-0.2, -0.15) is 0 Å². The van der Waals surface area contributed by atoms with Gasteiger partial charge in [0.25, 0.3) is 11.4 Å². The monoisotopic (exact) mass is 419 g/mol. The van der Waals surface area contributed by atoms with E-state index in [9.17, 15) is 25.0 Å². The van der Waals surface area contributed by atoms with Crippen LogP contribution in [0.15, 0.2) is 78.9 Å². The highest BCUT2D eigenvalue weighted by molar-refractivity contribution is 5.87.